The lowest BCUT2D eigenvalue weighted by Crippen LogP contribution is -2.30. The summed E-state index contributed by atoms with van der Waals surface area (Å²) in [5.74, 6) is 0.380. The fraction of sp³-hybridized carbons (Fsp3) is 0.333. The zero-order valence-electron chi connectivity index (χ0n) is 17.2. The number of methoxy groups -OCH3 is 1. The molecule has 0 saturated heterocycles. The van der Waals surface area contributed by atoms with Gasteiger partial charge in [0.1, 0.15) is 0 Å². The highest BCUT2D eigenvalue weighted by Gasteiger charge is 2.21. The Morgan fingerprint density at radius 3 is 2.33 bits per heavy atom. The number of sulfonamides is 1. The summed E-state index contributed by atoms with van der Waals surface area (Å²) in [5, 5.41) is 11.6. The summed E-state index contributed by atoms with van der Waals surface area (Å²) in [4.78, 5) is 12.3. The van der Waals surface area contributed by atoms with Crippen LogP contribution in [0.15, 0.2) is 47.4 Å². The first kappa shape index (κ1) is 23.2. The van der Waals surface area contributed by atoms with E-state index in [1.165, 1.54) is 29.6 Å². The van der Waals surface area contributed by atoms with Crippen molar-refractivity contribution in [2.24, 2.45) is 0 Å². The Kier molecular flexibility index (Phi) is 8.21. The highest BCUT2D eigenvalue weighted by molar-refractivity contribution is 7.89. The van der Waals surface area contributed by atoms with Crippen LogP contribution in [0.25, 0.3) is 0 Å². The van der Waals surface area contributed by atoms with Crippen LogP contribution >= 0.6 is 0 Å². The minimum absolute atomic E-state index is 0.220. The van der Waals surface area contributed by atoms with E-state index in [4.69, 9.17) is 14.7 Å². The van der Waals surface area contributed by atoms with E-state index in [1.807, 2.05) is 6.07 Å². The SMILES string of the molecule is CCN(CC)S(=O)(=O)c1ccc(CNC(=O)COc2ccc(C#N)cc2OC)cc1. The molecule has 0 radical (unpaired) electrons. The summed E-state index contributed by atoms with van der Waals surface area (Å²) >= 11 is 0. The summed E-state index contributed by atoms with van der Waals surface area (Å²) in [7, 11) is -2.05. The molecule has 0 unspecified atom stereocenters. The van der Waals surface area contributed by atoms with E-state index in [1.54, 1.807) is 38.1 Å². The Morgan fingerprint density at radius 1 is 1.10 bits per heavy atom. The van der Waals surface area contributed by atoms with E-state index in [0.717, 1.165) is 5.56 Å². The van der Waals surface area contributed by atoms with Crippen molar-refractivity contribution in [3.05, 3.63) is 53.6 Å². The smallest absolute Gasteiger partial charge is 0.258 e. The minimum atomic E-state index is -3.51. The van der Waals surface area contributed by atoms with E-state index >= 15 is 0 Å². The normalized spacial score (nSPS) is 11.0. The zero-order valence-corrected chi connectivity index (χ0v) is 18.0. The standard InChI is InChI=1S/C21H25N3O5S/c1-4-24(5-2)30(26,27)18-9-6-16(7-10-18)14-23-21(25)15-29-19-11-8-17(13-22)12-20(19)28-3/h6-12H,4-5,14-15H2,1-3H3,(H,23,25). The van der Waals surface area contributed by atoms with Crippen molar-refractivity contribution in [2.45, 2.75) is 25.3 Å². The lowest BCUT2D eigenvalue weighted by molar-refractivity contribution is -0.123. The fourth-order valence-electron chi connectivity index (χ4n) is 2.74. The van der Waals surface area contributed by atoms with Gasteiger partial charge in [0.25, 0.3) is 5.91 Å². The van der Waals surface area contributed by atoms with Crippen LogP contribution in [0, 0.1) is 11.3 Å². The second-order valence-corrected chi connectivity index (χ2v) is 8.21. The van der Waals surface area contributed by atoms with Crippen LogP contribution in [0.3, 0.4) is 0 Å². The molecule has 0 fully saturated rings. The van der Waals surface area contributed by atoms with Gasteiger partial charge in [-0.25, -0.2) is 8.42 Å². The van der Waals surface area contributed by atoms with Gasteiger partial charge < -0.3 is 14.8 Å². The van der Waals surface area contributed by atoms with Crippen molar-refractivity contribution in [1.82, 2.24) is 9.62 Å². The third-order valence-corrected chi connectivity index (χ3v) is 6.47. The van der Waals surface area contributed by atoms with E-state index in [-0.39, 0.29) is 24.0 Å². The summed E-state index contributed by atoms with van der Waals surface area (Å²) in [6, 6.07) is 13.1. The molecular weight excluding hydrogens is 406 g/mol. The third-order valence-electron chi connectivity index (χ3n) is 4.41. The number of hydrogen-bond donors (Lipinski definition) is 1. The number of rotatable bonds is 10. The molecule has 0 aliphatic rings. The Balaban J connectivity index is 1.92. The maximum atomic E-state index is 12.5. The molecule has 2 aromatic carbocycles. The Labute approximate surface area is 177 Å². The predicted molar refractivity (Wildman–Crippen MR) is 112 cm³/mol. The molecule has 0 atom stereocenters. The van der Waals surface area contributed by atoms with Crippen LogP contribution in [-0.4, -0.2) is 45.4 Å². The zero-order chi connectivity index (χ0) is 22.1. The molecule has 0 heterocycles. The quantitative estimate of drug-likeness (QED) is 0.618. The minimum Gasteiger partial charge on any atom is -0.493 e. The second-order valence-electron chi connectivity index (χ2n) is 6.28. The molecule has 0 aliphatic heterocycles. The Morgan fingerprint density at radius 2 is 1.77 bits per heavy atom. The van der Waals surface area contributed by atoms with E-state index < -0.39 is 10.0 Å². The summed E-state index contributed by atoms with van der Waals surface area (Å²) in [6.07, 6.45) is 0. The number of benzene rings is 2. The van der Waals surface area contributed by atoms with Crippen molar-refractivity contribution in [2.75, 3.05) is 26.8 Å². The maximum absolute atomic E-state index is 12.5. The highest BCUT2D eigenvalue weighted by Crippen LogP contribution is 2.27. The molecular formula is C21H25N3O5S. The number of carbonyl (C=O) groups is 1. The third kappa shape index (κ3) is 5.72. The van der Waals surface area contributed by atoms with Crippen LogP contribution in [0.2, 0.25) is 0 Å². The van der Waals surface area contributed by atoms with Crippen molar-refractivity contribution in [3.8, 4) is 17.6 Å². The van der Waals surface area contributed by atoms with Gasteiger partial charge in [-0.05, 0) is 29.8 Å². The molecule has 1 N–H and O–H groups in total. The number of amides is 1. The molecule has 30 heavy (non-hydrogen) atoms. The van der Waals surface area contributed by atoms with Crippen LogP contribution in [0.5, 0.6) is 11.5 Å². The van der Waals surface area contributed by atoms with Gasteiger partial charge in [0.05, 0.1) is 23.6 Å². The van der Waals surface area contributed by atoms with E-state index in [0.29, 0.717) is 30.2 Å². The first-order chi connectivity index (χ1) is 14.3. The molecule has 9 heteroatoms. The molecule has 160 valence electrons. The first-order valence-electron chi connectivity index (χ1n) is 9.42. The number of carbonyl (C=O) groups excluding carboxylic acids is 1. The molecule has 0 spiro atoms. The van der Waals surface area contributed by atoms with Gasteiger partial charge in [0.2, 0.25) is 10.0 Å². The van der Waals surface area contributed by atoms with Gasteiger partial charge in [-0.1, -0.05) is 26.0 Å². The highest BCUT2D eigenvalue weighted by atomic mass is 32.2. The molecule has 0 saturated carbocycles. The van der Waals surface area contributed by atoms with Crippen molar-refractivity contribution < 1.29 is 22.7 Å². The number of nitriles is 1. The van der Waals surface area contributed by atoms with E-state index in [9.17, 15) is 13.2 Å². The first-order valence-corrected chi connectivity index (χ1v) is 10.9. The molecule has 2 rings (SSSR count). The number of hydrogen-bond acceptors (Lipinski definition) is 6. The number of nitrogens with one attached hydrogen (secondary N) is 1. The van der Waals surface area contributed by atoms with Gasteiger partial charge in [-0.2, -0.15) is 9.57 Å². The maximum Gasteiger partial charge on any atom is 0.258 e. The van der Waals surface area contributed by atoms with Crippen molar-refractivity contribution in [1.29, 1.82) is 5.26 Å². The topological polar surface area (TPSA) is 109 Å². The fourth-order valence-corrected chi connectivity index (χ4v) is 4.20. The number of ether oxygens (including phenoxy) is 2. The second kappa shape index (κ2) is 10.6. The molecule has 2 aromatic rings. The molecule has 0 aromatic heterocycles. The largest absolute Gasteiger partial charge is 0.493 e. The molecule has 0 aliphatic carbocycles. The lowest BCUT2D eigenvalue weighted by atomic mass is 10.2. The Bertz CT molecular complexity index is 1010. The van der Waals surface area contributed by atoms with Crippen molar-refractivity contribution in [3.63, 3.8) is 0 Å². The molecule has 8 nitrogen and oxygen atoms in total. The van der Waals surface area contributed by atoms with Gasteiger partial charge in [0.15, 0.2) is 18.1 Å². The summed E-state index contributed by atoms with van der Waals surface area (Å²) < 4.78 is 37.0. The number of nitrogens with zero attached hydrogens (tertiary/aromatic N) is 2. The van der Waals surface area contributed by atoms with Gasteiger partial charge in [-0.3, -0.25) is 4.79 Å². The van der Waals surface area contributed by atoms with Crippen LogP contribution in [0.1, 0.15) is 25.0 Å². The molecule has 0 bridgehead atoms. The molecule has 1 amide bonds. The monoisotopic (exact) mass is 431 g/mol. The van der Waals surface area contributed by atoms with Crippen molar-refractivity contribution >= 4 is 15.9 Å². The average molecular weight is 432 g/mol. The summed E-state index contributed by atoms with van der Waals surface area (Å²) in [5.41, 5.74) is 1.19. The van der Waals surface area contributed by atoms with Gasteiger partial charge >= 0.3 is 0 Å². The van der Waals surface area contributed by atoms with Gasteiger partial charge in [0, 0.05) is 25.7 Å². The van der Waals surface area contributed by atoms with E-state index in [2.05, 4.69) is 5.32 Å². The summed E-state index contributed by atoms with van der Waals surface area (Å²) in [6.45, 7) is 4.40. The van der Waals surface area contributed by atoms with Crippen LogP contribution < -0.4 is 14.8 Å². The lowest BCUT2D eigenvalue weighted by Gasteiger charge is -2.18. The Hall–Kier alpha value is -3.09. The van der Waals surface area contributed by atoms with Gasteiger partial charge in [-0.15, -0.1) is 0 Å². The van der Waals surface area contributed by atoms with Crippen LogP contribution in [0.4, 0.5) is 0 Å². The predicted octanol–water partition coefficient (Wildman–Crippen LogP) is 2.29. The average Bonchev–Trinajstić information content (AvgIpc) is 2.77. The van der Waals surface area contributed by atoms with Crippen LogP contribution in [-0.2, 0) is 21.4 Å².